The monoisotopic (exact) mass is 583 g/mol. The molecule has 1 unspecified atom stereocenters. The molecule has 5 atom stereocenters. The first-order valence-corrected chi connectivity index (χ1v) is 12.2. The van der Waals surface area contributed by atoms with Gasteiger partial charge in [0, 0.05) is 37.5 Å². The Hall–Kier alpha value is -1.21. The van der Waals surface area contributed by atoms with Crippen LogP contribution in [0.4, 0.5) is 5.69 Å². The van der Waals surface area contributed by atoms with Crippen molar-refractivity contribution >= 4 is 38.5 Å². The first kappa shape index (κ1) is 42.3. The molecule has 0 radical (unpaired) electrons. The number of rotatable bonds is 3. The van der Waals surface area contributed by atoms with Gasteiger partial charge in [0.05, 0.1) is 18.3 Å². The second kappa shape index (κ2) is 15.1. The second-order valence-corrected chi connectivity index (χ2v) is 11.2. The van der Waals surface area contributed by atoms with Crippen LogP contribution in [0.2, 0.25) is 0 Å². The van der Waals surface area contributed by atoms with Crippen LogP contribution in [-0.4, -0.2) is 43.3 Å². The molecule has 1 aromatic rings. The minimum absolute atomic E-state index is 0. The lowest BCUT2D eigenvalue weighted by molar-refractivity contribution is -0.138. The number of hydrogen-bond acceptors (Lipinski definition) is 4. The van der Waals surface area contributed by atoms with Gasteiger partial charge in [0.25, 0.3) is 0 Å². The Labute approximate surface area is 255 Å². The number of hydrogen-bond donors (Lipinski definition) is 1. The fourth-order valence-corrected chi connectivity index (χ4v) is 7.30. The lowest BCUT2D eigenvalue weighted by Gasteiger charge is -2.55. The van der Waals surface area contributed by atoms with Gasteiger partial charge >= 0.3 is 0 Å². The number of nitrogens with zero attached hydrogens (tertiary/aromatic N) is 1. The van der Waals surface area contributed by atoms with E-state index in [1.807, 2.05) is 6.08 Å². The summed E-state index contributed by atoms with van der Waals surface area (Å²) in [6.45, 7) is 7.16. The summed E-state index contributed by atoms with van der Waals surface area (Å²) in [5.41, 5.74) is 5.44. The maximum absolute atomic E-state index is 12.1. The number of anilines is 1. The van der Waals surface area contributed by atoms with E-state index >= 15 is 0 Å². The number of aliphatic hydroxyl groups is 1. The van der Waals surface area contributed by atoms with E-state index in [1.54, 1.807) is 0 Å². The highest BCUT2D eigenvalue weighted by molar-refractivity contribution is 7.59. The van der Waals surface area contributed by atoms with Crippen molar-refractivity contribution in [1.82, 2.24) is 0 Å². The third kappa shape index (κ3) is 6.50. The van der Waals surface area contributed by atoms with Gasteiger partial charge in [0.15, 0.2) is 5.78 Å². The van der Waals surface area contributed by atoms with Gasteiger partial charge in [0.1, 0.15) is 0 Å². The van der Waals surface area contributed by atoms with Crippen molar-refractivity contribution in [3.05, 3.63) is 52.6 Å². The van der Waals surface area contributed by atoms with E-state index in [9.17, 15) is 9.90 Å². The minimum Gasteiger partial charge on any atom is -0.389 e. The van der Waals surface area contributed by atoms with Gasteiger partial charge in [-0.05, 0) is 78.0 Å². The van der Waals surface area contributed by atoms with E-state index in [-0.39, 0.29) is 93.3 Å². The molecule has 1 N–H and O–H groups in total. The van der Waals surface area contributed by atoms with Crippen LogP contribution in [0.25, 0.3) is 0 Å². The molecule has 4 nitrogen and oxygen atoms in total. The highest BCUT2D eigenvalue weighted by Gasteiger charge is 2.64. The maximum Gasteiger partial charge on any atom is 0.156 e. The topological polar surface area (TPSA) is 49.8 Å². The fraction of sp³-hybridized carbons (Fsp3) is 0.667. The molecule has 3 aliphatic carbocycles. The van der Waals surface area contributed by atoms with Crippen molar-refractivity contribution in [2.75, 3.05) is 25.6 Å². The summed E-state index contributed by atoms with van der Waals surface area (Å²) in [4.78, 5) is 14.3. The molecular formula is C33H61NO3S2. The van der Waals surface area contributed by atoms with Crippen molar-refractivity contribution in [3.63, 3.8) is 0 Å². The molecule has 1 aromatic carbocycles. The number of allylic oxidation sites excluding steroid dienone is 1. The highest BCUT2D eigenvalue weighted by Crippen LogP contribution is 2.65. The molecule has 0 amide bonds. The number of fused-ring (bicyclic) bond motifs is 4. The van der Waals surface area contributed by atoms with Crippen molar-refractivity contribution in [2.45, 2.75) is 108 Å². The molecule has 1 heterocycles. The average molecular weight is 584 g/mol. The molecule has 0 aromatic heterocycles. The van der Waals surface area contributed by atoms with Crippen molar-refractivity contribution in [1.29, 1.82) is 0 Å². The maximum atomic E-state index is 12.1. The van der Waals surface area contributed by atoms with Gasteiger partial charge in [0.2, 0.25) is 0 Å². The Morgan fingerprint density at radius 2 is 1.59 bits per heavy atom. The summed E-state index contributed by atoms with van der Waals surface area (Å²) in [5.74, 6) is 0.936. The van der Waals surface area contributed by atoms with E-state index in [4.69, 9.17) is 4.74 Å². The Morgan fingerprint density at radius 1 is 1.00 bits per heavy atom. The van der Waals surface area contributed by atoms with Crippen LogP contribution in [0.3, 0.4) is 0 Å². The van der Waals surface area contributed by atoms with Crippen LogP contribution in [0, 0.1) is 17.3 Å². The largest absolute Gasteiger partial charge is 0.389 e. The van der Waals surface area contributed by atoms with E-state index < -0.39 is 5.60 Å². The number of benzene rings is 1. The van der Waals surface area contributed by atoms with E-state index in [0.717, 1.165) is 31.3 Å². The second-order valence-electron chi connectivity index (χ2n) is 11.2. The Bertz CT molecular complexity index is 1000. The standard InChI is InChI=1S/C28H37NO3.5CH4.2H2S/c1-17(2)28(31)13-12-24-26-25(22-11-10-21(30)14-19(22)16-32-26)23(15-27(24,28)3)18-6-8-20(9-7-18)29(4)5;;;;;;;/h6-9,14,17,23-24,26,31H,10-13,15-16H2,1-5H3;5*1H4;2*1H2/t23?,24-,26-,27-,28+;;;;;;;/m0......./s1. The van der Waals surface area contributed by atoms with Gasteiger partial charge in [-0.1, -0.05) is 70.0 Å². The predicted octanol–water partition coefficient (Wildman–Crippen LogP) is 8.43. The molecule has 2 fully saturated rings. The molecule has 1 aliphatic heterocycles. The molecule has 0 saturated heterocycles. The van der Waals surface area contributed by atoms with Gasteiger partial charge < -0.3 is 14.7 Å². The van der Waals surface area contributed by atoms with Crippen molar-refractivity contribution in [3.8, 4) is 0 Å². The van der Waals surface area contributed by atoms with Crippen LogP contribution in [0.5, 0.6) is 0 Å². The summed E-state index contributed by atoms with van der Waals surface area (Å²) < 4.78 is 6.57. The smallest absolute Gasteiger partial charge is 0.156 e. The van der Waals surface area contributed by atoms with E-state index in [2.05, 4.69) is 64.0 Å². The third-order valence-electron chi connectivity index (χ3n) is 9.20. The van der Waals surface area contributed by atoms with E-state index in [1.165, 1.54) is 22.4 Å². The molecule has 4 aliphatic rings. The molecule has 2 saturated carbocycles. The summed E-state index contributed by atoms with van der Waals surface area (Å²) in [5, 5.41) is 11.9. The molecule has 39 heavy (non-hydrogen) atoms. The lowest BCUT2D eigenvalue weighted by Crippen LogP contribution is -2.56. The molecule has 228 valence electrons. The van der Waals surface area contributed by atoms with Crippen LogP contribution >= 0.6 is 27.0 Å². The first-order chi connectivity index (χ1) is 15.2. The van der Waals surface area contributed by atoms with Crippen molar-refractivity contribution in [2.24, 2.45) is 17.3 Å². The Balaban J connectivity index is -0.00000185. The number of carbonyl (C=O) groups is 1. The highest BCUT2D eigenvalue weighted by atomic mass is 32.1. The SMILES string of the molecule is C.C.C.C.C.CC(C)[C@]1(O)CC[C@H]2[C@@H]3OCC4=CC(=O)CCC4=C3C(c3ccc(N(C)C)cc3)C[C@@]21C.S.S. The van der Waals surface area contributed by atoms with Crippen LogP contribution < -0.4 is 4.90 Å². The summed E-state index contributed by atoms with van der Waals surface area (Å²) >= 11 is 0. The molecule has 5 rings (SSSR count). The Morgan fingerprint density at radius 3 is 2.13 bits per heavy atom. The Kier molecular flexibility index (Phi) is 16.4. The average Bonchev–Trinajstić information content (AvgIpc) is 3.04. The molecular weight excluding hydrogens is 523 g/mol. The van der Waals surface area contributed by atoms with Gasteiger partial charge in [-0.25, -0.2) is 0 Å². The van der Waals surface area contributed by atoms with Crippen LogP contribution in [-0.2, 0) is 9.53 Å². The van der Waals surface area contributed by atoms with E-state index in [0.29, 0.717) is 18.9 Å². The third-order valence-corrected chi connectivity index (χ3v) is 9.20. The first-order valence-electron chi connectivity index (χ1n) is 12.2. The number of carbonyl (C=O) groups excluding carboxylic acids is 1. The summed E-state index contributed by atoms with van der Waals surface area (Å²) in [6, 6.07) is 8.89. The number of ether oxygens (including phenoxy) is 1. The normalized spacial score (nSPS) is 30.0. The lowest BCUT2D eigenvalue weighted by atomic mass is 9.54. The van der Waals surface area contributed by atoms with Gasteiger partial charge in [-0.3, -0.25) is 4.79 Å². The molecule has 0 bridgehead atoms. The number of ketones is 1. The molecule has 6 heteroatoms. The summed E-state index contributed by atoms with van der Waals surface area (Å²) in [7, 11) is 4.13. The zero-order valence-electron chi connectivity index (χ0n) is 21.1. The fourth-order valence-electron chi connectivity index (χ4n) is 7.30. The van der Waals surface area contributed by atoms with Crippen LogP contribution in [0.15, 0.2) is 47.1 Å². The minimum atomic E-state index is -0.683. The zero-order chi connectivity index (χ0) is 22.8. The zero-order valence-corrected chi connectivity index (χ0v) is 23.1. The van der Waals surface area contributed by atoms with Crippen LogP contribution in [0.1, 0.15) is 101 Å². The van der Waals surface area contributed by atoms with Gasteiger partial charge in [-0.2, -0.15) is 27.0 Å². The molecule has 0 spiro atoms. The summed E-state index contributed by atoms with van der Waals surface area (Å²) in [6.07, 6.45) is 6.02. The quantitative estimate of drug-likeness (QED) is 0.388. The van der Waals surface area contributed by atoms with Gasteiger partial charge in [-0.15, -0.1) is 0 Å². The van der Waals surface area contributed by atoms with Crippen molar-refractivity contribution < 1.29 is 14.6 Å². The predicted molar refractivity (Wildman–Crippen MR) is 182 cm³/mol.